The van der Waals surface area contributed by atoms with Gasteiger partial charge in [0, 0.05) is 31.9 Å². The Hall–Kier alpha value is -4.13. The fraction of sp³-hybridized carbons (Fsp3) is 0.280. The van der Waals surface area contributed by atoms with Crippen LogP contribution in [0.15, 0.2) is 48.9 Å². The fourth-order valence-electron chi connectivity index (χ4n) is 4.22. The highest BCUT2D eigenvalue weighted by Gasteiger charge is 2.35. The van der Waals surface area contributed by atoms with Crippen LogP contribution in [0, 0.1) is 11.3 Å². The van der Waals surface area contributed by atoms with Crippen LogP contribution in [0.25, 0.3) is 22.3 Å². The maximum atomic E-state index is 14.0. The van der Waals surface area contributed by atoms with Gasteiger partial charge in [-0.2, -0.15) is 18.4 Å². The number of ether oxygens (including phenoxy) is 1. The van der Waals surface area contributed by atoms with Gasteiger partial charge in [0.05, 0.1) is 23.1 Å². The molecule has 35 heavy (non-hydrogen) atoms. The summed E-state index contributed by atoms with van der Waals surface area (Å²) in [6.07, 6.45) is 0.735. The normalized spacial score (nSPS) is 13.9. The first-order valence-electron chi connectivity index (χ1n) is 11.1. The summed E-state index contributed by atoms with van der Waals surface area (Å²) in [5.41, 5.74) is 1.37. The number of nitrogens with zero attached hydrogens (tertiary/aromatic N) is 6. The van der Waals surface area contributed by atoms with Crippen molar-refractivity contribution < 1.29 is 17.9 Å². The van der Waals surface area contributed by atoms with Gasteiger partial charge in [0.25, 0.3) is 0 Å². The van der Waals surface area contributed by atoms with Crippen molar-refractivity contribution in [2.75, 3.05) is 18.0 Å². The molecule has 1 fully saturated rings. The second kappa shape index (κ2) is 8.91. The van der Waals surface area contributed by atoms with Crippen LogP contribution in [0.3, 0.4) is 0 Å². The van der Waals surface area contributed by atoms with E-state index in [0.717, 1.165) is 43.4 Å². The van der Waals surface area contributed by atoms with E-state index >= 15 is 0 Å². The van der Waals surface area contributed by atoms with Gasteiger partial charge < -0.3 is 14.2 Å². The molecule has 4 aromatic rings. The van der Waals surface area contributed by atoms with Crippen LogP contribution < -0.4 is 9.64 Å². The highest BCUT2D eigenvalue weighted by atomic mass is 19.4. The van der Waals surface area contributed by atoms with E-state index in [-0.39, 0.29) is 29.3 Å². The predicted octanol–water partition coefficient (Wildman–Crippen LogP) is 5.10. The average Bonchev–Trinajstić information content (AvgIpc) is 3.52. The molecule has 7 nitrogen and oxygen atoms in total. The van der Waals surface area contributed by atoms with Crippen LogP contribution in [-0.4, -0.2) is 32.6 Å². The smallest absolute Gasteiger partial charge is 0.419 e. The number of nitriles is 1. The van der Waals surface area contributed by atoms with Crippen LogP contribution in [-0.2, 0) is 19.8 Å². The minimum atomic E-state index is -4.64. The number of anilines is 1. The molecule has 0 saturated carbocycles. The van der Waals surface area contributed by atoms with Crippen molar-refractivity contribution >= 4 is 16.9 Å². The Bertz CT molecular complexity index is 1430. The Morgan fingerprint density at radius 3 is 2.63 bits per heavy atom. The number of alkyl halides is 3. The van der Waals surface area contributed by atoms with Crippen LogP contribution in [0.5, 0.6) is 5.75 Å². The Labute approximate surface area is 199 Å². The number of pyridine rings is 2. The van der Waals surface area contributed by atoms with E-state index in [9.17, 15) is 18.4 Å². The summed E-state index contributed by atoms with van der Waals surface area (Å²) in [6, 6.07) is 11.0. The molecular weight excluding hydrogens is 457 g/mol. The molecule has 1 saturated heterocycles. The number of rotatable bonds is 5. The Balaban J connectivity index is 1.46. The maximum absolute atomic E-state index is 14.0. The van der Waals surface area contributed by atoms with Crippen molar-refractivity contribution in [3.05, 3.63) is 65.7 Å². The zero-order valence-electron chi connectivity index (χ0n) is 18.9. The quantitative estimate of drug-likeness (QED) is 0.397. The standard InChI is InChI=1S/C25H21F3N6O/c1-33-15-31-24-20(13-29)32-19(12-21(24)33)17-4-5-22(18(11-17)25(26,27)28)35-14-16-6-7-30-23(10-16)34-8-2-3-9-34/h4-7,10-12,15H,2-3,8-9,14H2,1H3. The topological polar surface area (TPSA) is 79.9 Å². The average molecular weight is 478 g/mol. The van der Waals surface area contributed by atoms with Crippen molar-refractivity contribution in [1.29, 1.82) is 5.26 Å². The lowest BCUT2D eigenvalue weighted by Gasteiger charge is -2.18. The van der Waals surface area contributed by atoms with Gasteiger partial charge in [-0.15, -0.1) is 0 Å². The number of aromatic nitrogens is 4. The molecule has 0 spiro atoms. The Kier molecular flexibility index (Phi) is 5.76. The number of hydrogen-bond donors (Lipinski definition) is 0. The molecule has 10 heteroatoms. The molecule has 0 bridgehead atoms. The molecule has 178 valence electrons. The molecule has 1 aromatic carbocycles. The van der Waals surface area contributed by atoms with E-state index in [0.29, 0.717) is 11.0 Å². The van der Waals surface area contributed by atoms with Crippen molar-refractivity contribution in [2.45, 2.75) is 25.6 Å². The van der Waals surface area contributed by atoms with Crippen molar-refractivity contribution in [3.63, 3.8) is 0 Å². The van der Waals surface area contributed by atoms with Gasteiger partial charge in [0.1, 0.15) is 29.8 Å². The third-order valence-corrected chi connectivity index (χ3v) is 6.03. The Morgan fingerprint density at radius 2 is 1.89 bits per heavy atom. The fourth-order valence-corrected chi connectivity index (χ4v) is 4.22. The molecule has 0 atom stereocenters. The van der Waals surface area contributed by atoms with Crippen LogP contribution in [0.2, 0.25) is 0 Å². The van der Waals surface area contributed by atoms with Crippen LogP contribution >= 0.6 is 0 Å². The second-order valence-electron chi connectivity index (χ2n) is 8.40. The van der Waals surface area contributed by atoms with Gasteiger partial charge in [-0.05, 0) is 54.8 Å². The van der Waals surface area contributed by atoms with Gasteiger partial charge >= 0.3 is 6.18 Å². The summed E-state index contributed by atoms with van der Waals surface area (Å²) < 4.78 is 49.2. The maximum Gasteiger partial charge on any atom is 0.419 e. The van der Waals surface area contributed by atoms with Gasteiger partial charge in [0.2, 0.25) is 0 Å². The highest BCUT2D eigenvalue weighted by Crippen LogP contribution is 2.39. The van der Waals surface area contributed by atoms with Gasteiger partial charge in [-0.3, -0.25) is 0 Å². The van der Waals surface area contributed by atoms with E-state index in [2.05, 4.69) is 19.9 Å². The third-order valence-electron chi connectivity index (χ3n) is 6.03. The minimum Gasteiger partial charge on any atom is -0.488 e. The molecule has 0 radical (unpaired) electrons. The minimum absolute atomic E-state index is 0.0242. The van der Waals surface area contributed by atoms with Crippen molar-refractivity contribution in [2.24, 2.45) is 7.05 Å². The third kappa shape index (κ3) is 4.49. The molecule has 0 unspecified atom stereocenters. The molecule has 1 aliphatic rings. The zero-order chi connectivity index (χ0) is 24.6. The van der Waals surface area contributed by atoms with Gasteiger partial charge in [0.15, 0.2) is 5.69 Å². The summed E-state index contributed by atoms with van der Waals surface area (Å²) in [4.78, 5) is 14.9. The Morgan fingerprint density at radius 1 is 1.09 bits per heavy atom. The molecule has 5 rings (SSSR count). The second-order valence-corrected chi connectivity index (χ2v) is 8.40. The van der Waals surface area contributed by atoms with Crippen LogP contribution in [0.4, 0.5) is 19.0 Å². The number of imidazole rings is 1. The molecule has 4 heterocycles. The lowest BCUT2D eigenvalue weighted by atomic mass is 10.0. The van der Waals surface area contributed by atoms with E-state index < -0.39 is 11.7 Å². The number of halogens is 3. The number of benzene rings is 1. The van der Waals surface area contributed by atoms with Gasteiger partial charge in [-0.1, -0.05) is 0 Å². The van der Waals surface area contributed by atoms with E-state index in [1.54, 1.807) is 29.9 Å². The number of hydrogen-bond acceptors (Lipinski definition) is 6. The van der Waals surface area contributed by atoms with Crippen molar-refractivity contribution in [3.8, 4) is 23.1 Å². The molecule has 3 aromatic heterocycles. The first kappa shape index (κ1) is 22.7. The monoisotopic (exact) mass is 478 g/mol. The summed E-state index contributed by atoms with van der Waals surface area (Å²) in [5.74, 6) is 0.530. The molecule has 0 amide bonds. The summed E-state index contributed by atoms with van der Waals surface area (Å²) in [7, 11) is 1.74. The predicted molar refractivity (Wildman–Crippen MR) is 124 cm³/mol. The van der Waals surface area contributed by atoms with E-state index in [4.69, 9.17) is 4.74 Å². The summed E-state index contributed by atoms with van der Waals surface area (Å²) in [5, 5.41) is 9.44. The molecule has 1 aliphatic heterocycles. The number of fused-ring (bicyclic) bond motifs is 1. The van der Waals surface area contributed by atoms with E-state index in [1.165, 1.54) is 18.5 Å². The summed E-state index contributed by atoms with van der Waals surface area (Å²) >= 11 is 0. The summed E-state index contributed by atoms with van der Waals surface area (Å²) in [6.45, 7) is 1.82. The van der Waals surface area contributed by atoms with E-state index in [1.807, 2.05) is 12.1 Å². The largest absolute Gasteiger partial charge is 0.488 e. The van der Waals surface area contributed by atoms with Gasteiger partial charge in [-0.25, -0.2) is 15.0 Å². The lowest BCUT2D eigenvalue weighted by molar-refractivity contribution is -0.139. The lowest BCUT2D eigenvalue weighted by Crippen LogP contribution is -2.19. The van der Waals surface area contributed by atoms with Crippen molar-refractivity contribution in [1.82, 2.24) is 19.5 Å². The van der Waals surface area contributed by atoms with Crippen LogP contribution in [0.1, 0.15) is 29.7 Å². The zero-order valence-corrected chi connectivity index (χ0v) is 18.9. The number of aryl methyl sites for hydroxylation is 1. The SMILES string of the molecule is Cn1cnc2c(C#N)nc(-c3ccc(OCc4ccnc(N5CCCC5)c4)c(C(F)(F)F)c3)cc21. The first-order chi connectivity index (χ1) is 16.8. The first-order valence-corrected chi connectivity index (χ1v) is 11.1. The molecule has 0 N–H and O–H groups in total. The highest BCUT2D eigenvalue weighted by molar-refractivity contribution is 5.84. The molecule has 0 aliphatic carbocycles. The molecular formula is C25H21F3N6O.